The first-order chi connectivity index (χ1) is 15.4. The van der Waals surface area contributed by atoms with Gasteiger partial charge in [0.1, 0.15) is 0 Å². The third kappa shape index (κ3) is 3.24. The lowest BCUT2D eigenvalue weighted by Crippen LogP contribution is -2.27. The maximum atomic E-state index is 2.49. The first kappa shape index (κ1) is 20.6. The van der Waals surface area contributed by atoms with E-state index in [0.717, 1.165) is 0 Å². The van der Waals surface area contributed by atoms with Crippen molar-refractivity contribution < 1.29 is 0 Å². The standard InChI is InChI=1S/C31H31N/c1-21(2)32(25-15-11-14-24(19-25)23-12-7-6-8-13-23)30-20-29-27(18-22(30)3)26-16-9-10-17-28(26)31(29,4)5/h6-21H,1-5H3. The lowest BCUT2D eigenvalue weighted by molar-refractivity contribution is 0.659. The molecule has 0 radical (unpaired) electrons. The third-order valence-corrected chi connectivity index (χ3v) is 6.91. The van der Waals surface area contributed by atoms with Crippen LogP contribution in [0.5, 0.6) is 0 Å². The topological polar surface area (TPSA) is 3.24 Å². The Morgan fingerprint density at radius 3 is 2.09 bits per heavy atom. The summed E-state index contributed by atoms with van der Waals surface area (Å²) in [4.78, 5) is 2.49. The molecular weight excluding hydrogens is 386 g/mol. The molecule has 1 nitrogen and oxygen atoms in total. The minimum absolute atomic E-state index is 0.00289. The second kappa shape index (κ2) is 7.67. The fraction of sp³-hybridized carbons (Fsp3) is 0.226. The van der Waals surface area contributed by atoms with E-state index in [1.54, 1.807) is 0 Å². The predicted molar refractivity (Wildman–Crippen MR) is 138 cm³/mol. The second-order valence-corrected chi connectivity index (χ2v) is 9.73. The monoisotopic (exact) mass is 417 g/mol. The average molecular weight is 418 g/mol. The Morgan fingerprint density at radius 1 is 0.656 bits per heavy atom. The number of hydrogen-bond acceptors (Lipinski definition) is 1. The summed E-state index contributed by atoms with van der Waals surface area (Å²) in [7, 11) is 0. The molecule has 0 aliphatic heterocycles. The Labute approximate surface area is 192 Å². The molecule has 1 aliphatic carbocycles. The number of fused-ring (bicyclic) bond motifs is 3. The zero-order valence-corrected chi connectivity index (χ0v) is 19.7. The first-order valence-corrected chi connectivity index (χ1v) is 11.6. The van der Waals surface area contributed by atoms with Gasteiger partial charge in [-0.3, -0.25) is 0 Å². The smallest absolute Gasteiger partial charge is 0.0446 e. The van der Waals surface area contributed by atoms with Crippen LogP contribution in [-0.4, -0.2) is 6.04 Å². The lowest BCUT2D eigenvalue weighted by Gasteiger charge is -2.32. The van der Waals surface area contributed by atoms with Crippen LogP contribution >= 0.6 is 0 Å². The predicted octanol–water partition coefficient (Wildman–Crippen LogP) is 8.51. The zero-order chi connectivity index (χ0) is 22.5. The van der Waals surface area contributed by atoms with Gasteiger partial charge in [-0.25, -0.2) is 0 Å². The van der Waals surface area contributed by atoms with E-state index in [1.165, 1.54) is 50.3 Å². The van der Waals surface area contributed by atoms with E-state index in [9.17, 15) is 0 Å². The van der Waals surface area contributed by atoms with Gasteiger partial charge < -0.3 is 4.90 Å². The summed E-state index contributed by atoms with van der Waals surface area (Å²) in [6.07, 6.45) is 0. The van der Waals surface area contributed by atoms with Crippen molar-refractivity contribution in [2.45, 2.75) is 46.1 Å². The molecule has 4 aromatic carbocycles. The van der Waals surface area contributed by atoms with Crippen molar-refractivity contribution in [3.8, 4) is 22.3 Å². The van der Waals surface area contributed by atoms with Crippen molar-refractivity contribution in [1.82, 2.24) is 0 Å². The van der Waals surface area contributed by atoms with Crippen molar-refractivity contribution in [1.29, 1.82) is 0 Å². The van der Waals surface area contributed by atoms with Crippen LogP contribution in [-0.2, 0) is 5.41 Å². The highest BCUT2D eigenvalue weighted by atomic mass is 15.2. The molecule has 0 fully saturated rings. The average Bonchev–Trinajstić information content (AvgIpc) is 3.01. The second-order valence-electron chi connectivity index (χ2n) is 9.73. The maximum Gasteiger partial charge on any atom is 0.0446 e. The molecule has 0 aromatic heterocycles. The fourth-order valence-electron chi connectivity index (χ4n) is 5.29. The molecule has 0 amide bonds. The minimum atomic E-state index is 0.00289. The number of nitrogens with zero attached hydrogens (tertiary/aromatic N) is 1. The van der Waals surface area contributed by atoms with Gasteiger partial charge in [0.15, 0.2) is 0 Å². The summed E-state index contributed by atoms with van der Waals surface area (Å²) in [6, 6.07) is 33.6. The largest absolute Gasteiger partial charge is 0.339 e. The highest BCUT2D eigenvalue weighted by Crippen LogP contribution is 2.51. The summed E-state index contributed by atoms with van der Waals surface area (Å²) >= 11 is 0. The minimum Gasteiger partial charge on any atom is -0.339 e. The van der Waals surface area contributed by atoms with E-state index < -0.39 is 0 Å². The fourth-order valence-corrected chi connectivity index (χ4v) is 5.29. The Balaban J connectivity index is 1.65. The SMILES string of the molecule is Cc1cc2c(cc1N(c1cccc(-c3ccccc3)c1)C(C)C)C(C)(C)c1ccccc1-2. The molecule has 0 spiro atoms. The van der Waals surface area contributed by atoms with Crippen molar-refractivity contribution >= 4 is 11.4 Å². The summed E-state index contributed by atoms with van der Waals surface area (Å²) in [5.41, 5.74) is 12.0. The van der Waals surface area contributed by atoms with Crippen LogP contribution in [0.3, 0.4) is 0 Å². The van der Waals surface area contributed by atoms with E-state index in [1.807, 2.05) is 0 Å². The van der Waals surface area contributed by atoms with Gasteiger partial charge in [-0.2, -0.15) is 0 Å². The Hall–Kier alpha value is -3.32. The molecule has 4 aromatic rings. The maximum absolute atomic E-state index is 2.49. The third-order valence-electron chi connectivity index (χ3n) is 6.91. The van der Waals surface area contributed by atoms with Gasteiger partial charge in [-0.1, -0.05) is 80.6 Å². The first-order valence-electron chi connectivity index (χ1n) is 11.6. The molecule has 0 atom stereocenters. The van der Waals surface area contributed by atoms with E-state index in [4.69, 9.17) is 0 Å². The number of anilines is 2. The molecule has 0 heterocycles. The quantitative estimate of drug-likeness (QED) is 0.322. The van der Waals surface area contributed by atoms with Crippen LogP contribution in [0.25, 0.3) is 22.3 Å². The molecule has 0 saturated carbocycles. The number of aryl methyl sites for hydroxylation is 1. The molecule has 1 heteroatoms. The Bertz CT molecular complexity index is 1280. The molecule has 0 N–H and O–H groups in total. The van der Waals surface area contributed by atoms with Crippen molar-refractivity contribution in [2.24, 2.45) is 0 Å². The molecule has 0 bridgehead atoms. The highest BCUT2D eigenvalue weighted by Gasteiger charge is 2.36. The summed E-state index contributed by atoms with van der Waals surface area (Å²) < 4.78 is 0. The van der Waals surface area contributed by atoms with Crippen LogP contribution in [0, 0.1) is 6.92 Å². The Morgan fingerprint density at radius 2 is 1.34 bits per heavy atom. The van der Waals surface area contributed by atoms with Gasteiger partial charge in [0.05, 0.1) is 0 Å². The number of benzene rings is 4. The number of hydrogen-bond donors (Lipinski definition) is 0. The van der Waals surface area contributed by atoms with Crippen molar-refractivity contribution in [2.75, 3.05) is 4.90 Å². The molecule has 5 rings (SSSR count). The summed E-state index contributed by atoms with van der Waals surface area (Å²) in [5.74, 6) is 0. The van der Waals surface area contributed by atoms with E-state index in [0.29, 0.717) is 6.04 Å². The van der Waals surface area contributed by atoms with E-state index in [-0.39, 0.29) is 5.41 Å². The molecule has 0 unspecified atom stereocenters. The van der Waals surface area contributed by atoms with Crippen LogP contribution in [0.4, 0.5) is 11.4 Å². The normalized spacial score (nSPS) is 13.7. The summed E-state index contributed by atoms with van der Waals surface area (Å²) in [5, 5.41) is 0. The van der Waals surface area contributed by atoms with Gasteiger partial charge in [-0.05, 0) is 84.0 Å². The van der Waals surface area contributed by atoms with Gasteiger partial charge in [0.25, 0.3) is 0 Å². The van der Waals surface area contributed by atoms with Crippen molar-refractivity contribution in [3.05, 3.63) is 108 Å². The van der Waals surface area contributed by atoms with Crippen LogP contribution < -0.4 is 4.90 Å². The Kier molecular flexibility index (Phi) is 4.93. The molecular formula is C31H31N. The van der Waals surface area contributed by atoms with E-state index in [2.05, 4.69) is 131 Å². The van der Waals surface area contributed by atoms with Gasteiger partial charge in [0, 0.05) is 22.8 Å². The molecule has 1 aliphatic rings. The lowest BCUT2D eigenvalue weighted by atomic mass is 9.82. The van der Waals surface area contributed by atoms with E-state index >= 15 is 0 Å². The van der Waals surface area contributed by atoms with Crippen LogP contribution in [0.15, 0.2) is 91.0 Å². The molecule has 160 valence electrons. The van der Waals surface area contributed by atoms with Gasteiger partial charge >= 0.3 is 0 Å². The highest BCUT2D eigenvalue weighted by molar-refractivity contribution is 5.85. The summed E-state index contributed by atoms with van der Waals surface area (Å²) in [6.45, 7) is 11.5. The van der Waals surface area contributed by atoms with Crippen molar-refractivity contribution in [3.63, 3.8) is 0 Å². The molecule has 0 saturated heterocycles. The van der Waals surface area contributed by atoms with Gasteiger partial charge in [0.2, 0.25) is 0 Å². The van der Waals surface area contributed by atoms with Crippen LogP contribution in [0.2, 0.25) is 0 Å². The zero-order valence-electron chi connectivity index (χ0n) is 19.7. The molecule has 32 heavy (non-hydrogen) atoms. The number of rotatable bonds is 4. The van der Waals surface area contributed by atoms with Gasteiger partial charge in [-0.15, -0.1) is 0 Å². The van der Waals surface area contributed by atoms with Crippen LogP contribution in [0.1, 0.15) is 44.4 Å².